The van der Waals surface area contributed by atoms with E-state index in [0.717, 1.165) is 16.0 Å². The number of imide groups is 2. The van der Waals surface area contributed by atoms with Gasteiger partial charge in [-0.1, -0.05) is 72.3 Å². The minimum Gasteiger partial charge on any atom is -0.489 e. The Balaban J connectivity index is 1.48. The van der Waals surface area contributed by atoms with Crippen LogP contribution in [0.15, 0.2) is 84.4 Å². The molecule has 0 unspecified atom stereocenters. The number of benzene rings is 3. The maximum Gasteiger partial charge on any atom is 0.331 e. The molecule has 4 rings (SSSR count). The zero-order valence-corrected chi connectivity index (χ0v) is 17.7. The van der Waals surface area contributed by atoms with Crippen LogP contribution in [0.5, 0.6) is 5.75 Å². The van der Waals surface area contributed by atoms with Crippen molar-refractivity contribution in [1.29, 1.82) is 0 Å². The SMILES string of the molecule is O=C1NC(=O)N(Cc2ccccc2)C(=O)C1=Cc1ccc(OCc2ccccc2Cl)cc1. The van der Waals surface area contributed by atoms with Crippen molar-refractivity contribution < 1.29 is 19.1 Å². The van der Waals surface area contributed by atoms with Gasteiger partial charge in [-0.15, -0.1) is 0 Å². The summed E-state index contributed by atoms with van der Waals surface area (Å²) < 4.78 is 5.75. The second-order valence-electron chi connectivity index (χ2n) is 7.14. The Kier molecular flexibility index (Phi) is 6.33. The molecule has 0 aromatic heterocycles. The van der Waals surface area contributed by atoms with Crippen molar-refractivity contribution in [3.63, 3.8) is 0 Å². The number of nitrogens with zero attached hydrogens (tertiary/aromatic N) is 1. The van der Waals surface area contributed by atoms with Crippen LogP contribution in [0.2, 0.25) is 5.02 Å². The molecule has 32 heavy (non-hydrogen) atoms. The lowest BCUT2D eigenvalue weighted by atomic mass is 10.1. The molecule has 3 aromatic carbocycles. The van der Waals surface area contributed by atoms with E-state index < -0.39 is 17.8 Å². The second kappa shape index (κ2) is 9.49. The molecular weight excluding hydrogens is 428 g/mol. The quantitative estimate of drug-likeness (QED) is 0.444. The Morgan fingerprint density at radius 3 is 2.28 bits per heavy atom. The molecule has 0 radical (unpaired) electrons. The van der Waals surface area contributed by atoms with Gasteiger partial charge in [0.1, 0.15) is 17.9 Å². The summed E-state index contributed by atoms with van der Waals surface area (Å²) in [4.78, 5) is 38.4. The molecule has 1 aliphatic heterocycles. The van der Waals surface area contributed by atoms with Crippen LogP contribution in [-0.4, -0.2) is 22.7 Å². The van der Waals surface area contributed by atoms with Crippen molar-refractivity contribution in [2.45, 2.75) is 13.2 Å². The van der Waals surface area contributed by atoms with Gasteiger partial charge in [0, 0.05) is 10.6 Å². The van der Waals surface area contributed by atoms with Gasteiger partial charge in [0.2, 0.25) is 0 Å². The van der Waals surface area contributed by atoms with Crippen LogP contribution >= 0.6 is 11.6 Å². The highest BCUT2D eigenvalue weighted by molar-refractivity contribution is 6.31. The number of carbonyl (C=O) groups excluding carboxylic acids is 3. The van der Waals surface area contributed by atoms with Gasteiger partial charge in [0.25, 0.3) is 11.8 Å². The highest BCUT2D eigenvalue weighted by Crippen LogP contribution is 2.21. The van der Waals surface area contributed by atoms with Crippen molar-refractivity contribution in [3.8, 4) is 5.75 Å². The van der Waals surface area contributed by atoms with Crippen LogP contribution in [0.4, 0.5) is 4.79 Å². The van der Waals surface area contributed by atoms with Gasteiger partial charge < -0.3 is 4.74 Å². The number of nitrogens with one attached hydrogen (secondary N) is 1. The minimum absolute atomic E-state index is 0.0744. The lowest BCUT2D eigenvalue weighted by molar-refractivity contribution is -0.130. The van der Waals surface area contributed by atoms with Crippen molar-refractivity contribution in [3.05, 3.63) is 106 Å². The smallest absolute Gasteiger partial charge is 0.331 e. The molecule has 1 fully saturated rings. The number of halogens is 1. The molecular formula is C25H19ClN2O4. The predicted octanol–water partition coefficient (Wildman–Crippen LogP) is 4.58. The third-order valence-electron chi connectivity index (χ3n) is 4.91. The molecule has 0 spiro atoms. The highest BCUT2D eigenvalue weighted by atomic mass is 35.5. The lowest BCUT2D eigenvalue weighted by Crippen LogP contribution is -2.53. The van der Waals surface area contributed by atoms with Gasteiger partial charge in [-0.05, 0) is 35.4 Å². The first-order chi connectivity index (χ1) is 15.5. The Morgan fingerprint density at radius 1 is 0.875 bits per heavy atom. The van der Waals surface area contributed by atoms with Gasteiger partial charge in [0.15, 0.2) is 0 Å². The number of hydrogen-bond donors (Lipinski definition) is 1. The Hall–Kier alpha value is -3.90. The van der Waals surface area contributed by atoms with Gasteiger partial charge in [-0.25, -0.2) is 4.79 Å². The first kappa shape index (κ1) is 21.3. The summed E-state index contributed by atoms with van der Waals surface area (Å²) in [5.41, 5.74) is 2.17. The van der Waals surface area contributed by atoms with Gasteiger partial charge in [0.05, 0.1) is 6.54 Å². The number of hydrogen-bond acceptors (Lipinski definition) is 4. The van der Waals surface area contributed by atoms with Gasteiger partial charge >= 0.3 is 6.03 Å². The largest absolute Gasteiger partial charge is 0.489 e. The van der Waals surface area contributed by atoms with Crippen LogP contribution < -0.4 is 10.1 Å². The molecule has 0 bridgehead atoms. The fraction of sp³-hybridized carbons (Fsp3) is 0.0800. The summed E-state index contributed by atoms with van der Waals surface area (Å²) in [6, 6.07) is 22.7. The van der Waals surface area contributed by atoms with Crippen molar-refractivity contribution in [2.24, 2.45) is 0 Å². The van der Waals surface area contributed by atoms with Crippen LogP contribution in [0, 0.1) is 0 Å². The average molecular weight is 447 g/mol. The molecule has 3 aromatic rings. The monoisotopic (exact) mass is 446 g/mol. The van der Waals surface area contributed by atoms with E-state index in [-0.39, 0.29) is 12.1 Å². The molecule has 1 saturated heterocycles. The Bertz CT molecular complexity index is 1190. The lowest BCUT2D eigenvalue weighted by Gasteiger charge is -2.26. The minimum atomic E-state index is -0.732. The average Bonchev–Trinajstić information content (AvgIpc) is 2.80. The Morgan fingerprint density at radius 2 is 1.56 bits per heavy atom. The molecule has 1 N–H and O–H groups in total. The van der Waals surface area contributed by atoms with Crippen LogP contribution in [0.3, 0.4) is 0 Å². The molecule has 0 saturated carbocycles. The standard InChI is InChI=1S/C25H19ClN2O4/c26-22-9-5-4-8-19(22)16-32-20-12-10-17(11-13-20)14-21-23(29)27-25(31)28(24(21)30)15-18-6-2-1-3-7-18/h1-14H,15-16H2,(H,27,29,31). The summed E-state index contributed by atoms with van der Waals surface area (Å²) in [6.07, 6.45) is 1.46. The number of carbonyl (C=O) groups is 3. The van der Waals surface area contributed by atoms with Gasteiger partial charge in [-0.2, -0.15) is 0 Å². The predicted molar refractivity (Wildman–Crippen MR) is 121 cm³/mol. The molecule has 7 heteroatoms. The first-order valence-corrected chi connectivity index (χ1v) is 10.3. The maximum atomic E-state index is 12.9. The number of rotatable bonds is 6. The normalized spacial score (nSPS) is 15.1. The number of barbiturate groups is 1. The zero-order chi connectivity index (χ0) is 22.5. The molecule has 6 nitrogen and oxygen atoms in total. The van der Waals surface area contributed by atoms with Crippen LogP contribution in [0.25, 0.3) is 6.08 Å². The molecule has 4 amide bonds. The number of ether oxygens (including phenoxy) is 1. The molecule has 1 aliphatic rings. The summed E-state index contributed by atoms with van der Waals surface area (Å²) in [6.45, 7) is 0.391. The highest BCUT2D eigenvalue weighted by Gasteiger charge is 2.35. The van der Waals surface area contributed by atoms with E-state index in [1.54, 1.807) is 30.3 Å². The second-order valence-corrected chi connectivity index (χ2v) is 7.55. The Labute approximate surface area is 190 Å². The number of urea groups is 1. The summed E-state index contributed by atoms with van der Waals surface area (Å²) in [7, 11) is 0. The fourth-order valence-corrected chi connectivity index (χ4v) is 3.40. The van der Waals surface area contributed by atoms with E-state index in [1.807, 2.05) is 48.5 Å². The summed E-state index contributed by atoms with van der Waals surface area (Å²) in [5.74, 6) is -0.739. The zero-order valence-electron chi connectivity index (χ0n) is 17.0. The molecule has 1 heterocycles. The van der Waals surface area contributed by atoms with Crippen molar-refractivity contribution >= 4 is 35.5 Å². The van der Waals surface area contributed by atoms with Crippen LogP contribution in [-0.2, 0) is 22.7 Å². The van der Waals surface area contributed by atoms with E-state index in [4.69, 9.17) is 16.3 Å². The van der Waals surface area contributed by atoms with E-state index >= 15 is 0 Å². The van der Waals surface area contributed by atoms with E-state index in [0.29, 0.717) is 22.9 Å². The third-order valence-corrected chi connectivity index (χ3v) is 5.28. The maximum absolute atomic E-state index is 12.9. The van der Waals surface area contributed by atoms with Crippen LogP contribution in [0.1, 0.15) is 16.7 Å². The third kappa shape index (κ3) is 4.87. The molecule has 0 aliphatic carbocycles. The summed E-state index contributed by atoms with van der Waals surface area (Å²) in [5, 5.41) is 2.86. The first-order valence-electron chi connectivity index (χ1n) is 9.90. The topological polar surface area (TPSA) is 75.7 Å². The van der Waals surface area contributed by atoms with Gasteiger partial charge in [-0.3, -0.25) is 19.8 Å². The molecule has 0 atom stereocenters. The fourth-order valence-electron chi connectivity index (χ4n) is 3.21. The molecule has 160 valence electrons. The van der Waals surface area contributed by atoms with E-state index in [1.165, 1.54) is 6.08 Å². The van der Waals surface area contributed by atoms with E-state index in [9.17, 15) is 14.4 Å². The van der Waals surface area contributed by atoms with Crippen molar-refractivity contribution in [1.82, 2.24) is 10.2 Å². The number of amides is 4. The summed E-state index contributed by atoms with van der Waals surface area (Å²) >= 11 is 6.14. The van der Waals surface area contributed by atoms with Crippen molar-refractivity contribution in [2.75, 3.05) is 0 Å². The van der Waals surface area contributed by atoms with E-state index in [2.05, 4.69) is 5.32 Å².